The van der Waals surface area contributed by atoms with Crippen LogP contribution in [0.5, 0.6) is 0 Å². The molecule has 3 fully saturated rings. The number of rotatable bonds is 2. The SMILES string of the molecule is COC1CCC(O)(C2(C#N)CC3CCC2C3)CC1. The maximum atomic E-state index is 11.1. The molecule has 3 aliphatic carbocycles. The van der Waals surface area contributed by atoms with Gasteiger partial charge in [-0.2, -0.15) is 5.26 Å². The first-order chi connectivity index (χ1) is 8.63. The van der Waals surface area contributed by atoms with Gasteiger partial charge in [0.15, 0.2) is 0 Å². The third kappa shape index (κ3) is 1.55. The van der Waals surface area contributed by atoms with Crippen molar-refractivity contribution >= 4 is 0 Å². The number of nitrogens with zero attached hydrogens (tertiary/aromatic N) is 1. The number of aliphatic hydroxyl groups is 1. The molecule has 3 heteroatoms. The average Bonchev–Trinajstić information content (AvgIpc) is 3.00. The third-order valence-corrected chi connectivity index (χ3v) is 5.97. The molecule has 100 valence electrons. The van der Waals surface area contributed by atoms with Crippen LogP contribution in [-0.2, 0) is 4.74 Å². The summed E-state index contributed by atoms with van der Waals surface area (Å²) in [5.74, 6) is 1.13. The normalized spacial score (nSPS) is 51.3. The van der Waals surface area contributed by atoms with Gasteiger partial charge in [0.1, 0.15) is 0 Å². The second kappa shape index (κ2) is 4.21. The Morgan fingerprint density at radius 3 is 2.39 bits per heavy atom. The lowest BCUT2D eigenvalue weighted by Gasteiger charge is -2.48. The van der Waals surface area contributed by atoms with Crippen molar-refractivity contribution in [2.75, 3.05) is 7.11 Å². The van der Waals surface area contributed by atoms with Gasteiger partial charge in [0.25, 0.3) is 0 Å². The van der Waals surface area contributed by atoms with Crippen molar-refractivity contribution in [3.05, 3.63) is 0 Å². The van der Waals surface area contributed by atoms with Crippen LogP contribution in [0.1, 0.15) is 51.4 Å². The van der Waals surface area contributed by atoms with Crippen LogP contribution >= 0.6 is 0 Å². The van der Waals surface area contributed by atoms with E-state index in [1.807, 2.05) is 0 Å². The van der Waals surface area contributed by atoms with Crippen LogP contribution in [0.2, 0.25) is 0 Å². The van der Waals surface area contributed by atoms with Crippen LogP contribution in [0.3, 0.4) is 0 Å². The summed E-state index contributed by atoms with van der Waals surface area (Å²) in [6.07, 6.45) is 8.07. The Morgan fingerprint density at radius 1 is 1.22 bits per heavy atom. The molecule has 3 atom stereocenters. The smallest absolute Gasteiger partial charge is 0.0890 e. The average molecular weight is 249 g/mol. The van der Waals surface area contributed by atoms with E-state index in [4.69, 9.17) is 4.74 Å². The van der Waals surface area contributed by atoms with E-state index in [0.717, 1.165) is 38.5 Å². The number of nitriles is 1. The maximum absolute atomic E-state index is 11.1. The van der Waals surface area contributed by atoms with E-state index in [1.54, 1.807) is 7.11 Å². The molecular formula is C15H23NO2. The fourth-order valence-electron chi connectivity index (χ4n) is 4.89. The molecule has 0 aromatic rings. The zero-order valence-electron chi connectivity index (χ0n) is 11.2. The largest absolute Gasteiger partial charge is 0.388 e. The molecule has 3 aliphatic rings. The van der Waals surface area contributed by atoms with Crippen LogP contribution in [-0.4, -0.2) is 23.9 Å². The van der Waals surface area contributed by atoms with Gasteiger partial charge in [-0.3, -0.25) is 0 Å². The number of hydrogen-bond acceptors (Lipinski definition) is 3. The zero-order chi connectivity index (χ0) is 12.8. The van der Waals surface area contributed by atoms with Crippen LogP contribution in [0.4, 0.5) is 0 Å². The van der Waals surface area contributed by atoms with Gasteiger partial charge in [0.2, 0.25) is 0 Å². The molecule has 0 spiro atoms. The van der Waals surface area contributed by atoms with Gasteiger partial charge in [-0.1, -0.05) is 6.42 Å². The Morgan fingerprint density at radius 2 is 1.94 bits per heavy atom. The molecule has 0 amide bonds. The highest BCUT2D eigenvalue weighted by Crippen LogP contribution is 2.62. The maximum Gasteiger partial charge on any atom is 0.0890 e. The fourth-order valence-corrected chi connectivity index (χ4v) is 4.89. The molecule has 0 heterocycles. The van der Waals surface area contributed by atoms with Crippen molar-refractivity contribution in [2.24, 2.45) is 17.3 Å². The number of ether oxygens (including phenoxy) is 1. The van der Waals surface area contributed by atoms with E-state index >= 15 is 0 Å². The molecule has 0 aromatic heterocycles. The first kappa shape index (κ1) is 12.4. The molecular weight excluding hydrogens is 226 g/mol. The molecule has 3 rings (SSSR count). The van der Waals surface area contributed by atoms with E-state index in [1.165, 1.54) is 12.8 Å². The van der Waals surface area contributed by atoms with Crippen LogP contribution in [0.25, 0.3) is 0 Å². The van der Waals surface area contributed by atoms with Crippen LogP contribution < -0.4 is 0 Å². The lowest BCUT2D eigenvalue weighted by atomic mass is 9.58. The molecule has 3 unspecified atom stereocenters. The third-order valence-electron chi connectivity index (χ3n) is 5.97. The Balaban J connectivity index is 1.83. The number of fused-ring (bicyclic) bond motifs is 2. The highest BCUT2D eigenvalue weighted by molar-refractivity contribution is 5.20. The predicted octanol–water partition coefficient (Wildman–Crippen LogP) is 2.64. The summed E-state index contributed by atoms with van der Waals surface area (Å²) in [7, 11) is 1.74. The first-order valence-corrected chi connectivity index (χ1v) is 7.30. The molecule has 3 nitrogen and oxygen atoms in total. The van der Waals surface area contributed by atoms with E-state index < -0.39 is 11.0 Å². The zero-order valence-corrected chi connectivity index (χ0v) is 11.2. The highest BCUT2D eigenvalue weighted by atomic mass is 16.5. The number of methoxy groups -OCH3 is 1. The summed E-state index contributed by atoms with van der Waals surface area (Å²) < 4.78 is 5.38. The summed E-state index contributed by atoms with van der Waals surface area (Å²) in [6, 6.07) is 2.56. The minimum atomic E-state index is -0.753. The highest BCUT2D eigenvalue weighted by Gasteiger charge is 2.62. The molecule has 0 radical (unpaired) electrons. The summed E-state index contributed by atoms with van der Waals surface area (Å²) in [5.41, 5.74) is -1.20. The lowest BCUT2D eigenvalue weighted by molar-refractivity contribution is -0.125. The van der Waals surface area contributed by atoms with Crippen molar-refractivity contribution in [3.8, 4) is 6.07 Å². The molecule has 2 bridgehead atoms. The van der Waals surface area contributed by atoms with Gasteiger partial charge in [-0.05, 0) is 56.8 Å². The predicted molar refractivity (Wildman–Crippen MR) is 67.7 cm³/mol. The molecule has 0 aromatic carbocycles. The Hall–Kier alpha value is -0.590. The quantitative estimate of drug-likeness (QED) is 0.818. The fraction of sp³-hybridized carbons (Fsp3) is 0.933. The molecule has 1 N–H and O–H groups in total. The van der Waals surface area contributed by atoms with Gasteiger partial charge >= 0.3 is 0 Å². The first-order valence-electron chi connectivity index (χ1n) is 7.30. The second-order valence-electron chi connectivity index (χ2n) is 6.63. The Kier molecular flexibility index (Phi) is 2.91. The van der Waals surface area contributed by atoms with Gasteiger partial charge in [-0.15, -0.1) is 0 Å². The molecule has 0 saturated heterocycles. The Labute approximate surface area is 109 Å². The van der Waals surface area contributed by atoms with Crippen molar-refractivity contribution in [3.63, 3.8) is 0 Å². The summed E-state index contributed by atoms with van der Waals surface area (Å²) >= 11 is 0. The summed E-state index contributed by atoms with van der Waals surface area (Å²) in [4.78, 5) is 0. The lowest BCUT2D eigenvalue weighted by Crippen LogP contribution is -2.53. The van der Waals surface area contributed by atoms with Crippen LogP contribution in [0, 0.1) is 28.6 Å². The minimum absolute atomic E-state index is 0.277. The van der Waals surface area contributed by atoms with Gasteiger partial charge in [0, 0.05) is 7.11 Å². The molecule has 0 aliphatic heterocycles. The van der Waals surface area contributed by atoms with Crippen molar-refractivity contribution < 1.29 is 9.84 Å². The van der Waals surface area contributed by atoms with Crippen molar-refractivity contribution in [1.82, 2.24) is 0 Å². The topological polar surface area (TPSA) is 53.2 Å². The van der Waals surface area contributed by atoms with Gasteiger partial charge in [0.05, 0.1) is 23.2 Å². The standard InChI is InChI=1S/C15H23NO2/c1-18-13-4-6-15(17,7-5-13)14(10-16)9-11-2-3-12(14)8-11/h11-13,17H,2-9H2,1H3. The van der Waals surface area contributed by atoms with Crippen molar-refractivity contribution in [2.45, 2.75) is 63.1 Å². The number of hydrogen-bond donors (Lipinski definition) is 1. The van der Waals surface area contributed by atoms with E-state index in [2.05, 4.69) is 6.07 Å². The van der Waals surface area contributed by atoms with Crippen molar-refractivity contribution in [1.29, 1.82) is 5.26 Å². The second-order valence-corrected chi connectivity index (χ2v) is 6.63. The van der Waals surface area contributed by atoms with Gasteiger partial charge < -0.3 is 9.84 Å². The molecule has 18 heavy (non-hydrogen) atoms. The van der Waals surface area contributed by atoms with Crippen LogP contribution in [0.15, 0.2) is 0 Å². The van der Waals surface area contributed by atoms with Gasteiger partial charge in [-0.25, -0.2) is 0 Å². The monoisotopic (exact) mass is 249 g/mol. The van der Waals surface area contributed by atoms with E-state index in [-0.39, 0.29) is 6.10 Å². The van der Waals surface area contributed by atoms with E-state index in [0.29, 0.717) is 11.8 Å². The Bertz CT molecular complexity index is 367. The van der Waals surface area contributed by atoms with E-state index in [9.17, 15) is 10.4 Å². The summed E-state index contributed by atoms with van der Waals surface area (Å²) in [6.45, 7) is 0. The molecule has 3 saturated carbocycles. The summed E-state index contributed by atoms with van der Waals surface area (Å²) in [5, 5.41) is 20.8. The minimum Gasteiger partial charge on any atom is -0.388 e.